The van der Waals surface area contributed by atoms with Gasteiger partial charge in [0.1, 0.15) is 10.3 Å². The number of carbonyl (C=O) groups is 1. The van der Waals surface area contributed by atoms with Gasteiger partial charge >= 0.3 is 11.7 Å². The van der Waals surface area contributed by atoms with Crippen molar-refractivity contribution >= 4 is 33.5 Å². The van der Waals surface area contributed by atoms with Gasteiger partial charge in [-0.2, -0.15) is 0 Å². The van der Waals surface area contributed by atoms with E-state index in [1.807, 2.05) is 0 Å². The predicted octanol–water partition coefficient (Wildman–Crippen LogP) is 2.96. The highest BCUT2D eigenvalue weighted by Gasteiger charge is 2.22. The number of halogens is 3. The number of ether oxygens (including phenoxy) is 1. The van der Waals surface area contributed by atoms with Crippen molar-refractivity contribution < 1.29 is 13.9 Å². The molecular formula is C16H15BrClFN2O4. The minimum atomic E-state index is -0.916. The van der Waals surface area contributed by atoms with E-state index in [1.54, 1.807) is 20.8 Å². The van der Waals surface area contributed by atoms with Gasteiger partial charge in [0.15, 0.2) is 0 Å². The van der Waals surface area contributed by atoms with E-state index in [9.17, 15) is 18.8 Å². The van der Waals surface area contributed by atoms with Crippen LogP contribution in [0, 0.1) is 12.7 Å². The molecule has 2 aromatic rings. The minimum absolute atomic E-state index is 0.107. The van der Waals surface area contributed by atoms with Crippen LogP contribution in [0.2, 0.25) is 5.02 Å². The smallest absolute Gasteiger partial charge is 0.339 e. The molecule has 0 aliphatic heterocycles. The van der Waals surface area contributed by atoms with Gasteiger partial charge in [-0.05, 0) is 48.8 Å². The van der Waals surface area contributed by atoms with Gasteiger partial charge in [0.25, 0.3) is 5.56 Å². The number of hydrogen-bond acceptors (Lipinski definition) is 4. The molecule has 0 unspecified atom stereocenters. The fraction of sp³-hybridized carbons (Fsp3) is 0.312. The van der Waals surface area contributed by atoms with E-state index in [2.05, 4.69) is 15.9 Å². The van der Waals surface area contributed by atoms with Gasteiger partial charge < -0.3 is 4.74 Å². The Morgan fingerprint density at radius 3 is 2.48 bits per heavy atom. The van der Waals surface area contributed by atoms with Crippen molar-refractivity contribution in [3.63, 3.8) is 0 Å². The third-order valence-corrected chi connectivity index (χ3v) is 4.76. The van der Waals surface area contributed by atoms with Crippen LogP contribution in [0.3, 0.4) is 0 Å². The zero-order valence-electron chi connectivity index (χ0n) is 13.9. The first-order valence-corrected chi connectivity index (χ1v) is 8.41. The van der Waals surface area contributed by atoms with Crippen molar-refractivity contribution in [2.45, 2.75) is 26.9 Å². The molecule has 0 amide bonds. The van der Waals surface area contributed by atoms with Gasteiger partial charge in [0, 0.05) is 12.7 Å². The average molecular weight is 434 g/mol. The lowest BCUT2D eigenvalue weighted by molar-refractivity contribution is 0.0378. The Morgan fingerprint density at radius 2 is 1.92 bits per heavy atom. The molecular weight excluding hydrogens is 419 g/mol. The second kappa shape index (κ2) is 7.13. The van der Waals surface area contributed by atoms with Crippen LogP contribution in [0.4, 0.5) is 4.39 Å². The molecule has 0 aliphatic rings. The molecule has 0 radical (unpaired) electrons. The van der Waals surface area contributed by atoms with Crippen LogP contribution in [0.1, 0.15) is 29.9 Å². The van der Waals surface area contributed by atoms with E-state index in [1.165, 1.54) is 11.6 Å². The highest BCUT2D eigenvalue weighted by molar-refractivity contribution is 9.10. The van der Waals surface area contributed by atoms with E-state index in [0.717, 1.165) is 12.1 Å². The molecule has 0 N–H and O–H groups in total. The number of rotatable bonds is 3. The summed E-state index contributed by atoms with van der Waals surface area (Å²) in [6.45, 7) is 4.86. The van der Waals surface area contributed by atoms with Crippen LogP contribution in [0.15, 0.2) is 26.2 Å². The molecule has 6 nitrogen and oxygen atoms in total. The maximum Gasteiger partial charge on any atom is 0.339 e. The van der Waals surface area contributed by atoms with E-state index in [4.69, 9.17) is 16.3 Å². The summed E-state index contributed by atoms with van der Waals surface area (Å²) < 4.78 is 21.4. The fourth-order valence-electron chi connectivity index (χ4n) is 2.14. The summed E-state index contributed by atoms with van der Waals surface area (Å²) in [4.78, 5) is 37.0. The molecule has 0 spiro atoms. The third-order valence-electron chi connectivity index (χ3n) is 3.53. The Bertz CT molecular complexity index is 944. The van der Waals surface area contributed by atoms with Crippen molar-refractivity contribution in [1.82, 2.24) is 9.13 Å². The number of benzene rings is 1. The summed E-state index contributed by atoms with van der Waals surface area (Å²) in [6.07, 6.45) is -0.416. The highest BCUT2D eigenvalue weighted by Crippen LogP contribution is 2.24. The monoisotopic (exact) mass is 432 g/mol. The maximum atomic E-state index is 14.4. The summed E-state index contributed by atoms with van der Waals surface area (Å²) in [5.74, 6) is -1.70. The molecule has 1 aromatic carbocycles. The molecule has 134 valence electrons. The van der Waals surface area contributed by atoms with Crippen LogP contribution in [0.5, 0.6) is 0 Å². The van der Waals surface area contributed by atoms with Crippen molar-refractivity contribution in [1.29, 1.82) is 0 Å². The van der Waals surface area contributed by atoms with E-state index < -0.39 is 29.1 Å². The zero-order valence-corrected chi connectivity index (χ0v) is 16.2. The van der Waals surface area contributed by atoms with Crippen LogP contribution in [-0.2, 0) is 11.8 Å². The molecule has 0 atom stereocenters. The molecule has 0 fully saturated rings. The minimum Gasteiger partial charge on any atom is -0.459 e. The van der Waals surface area contributed by atoms with Gasteiger partial charge in [-0.15, -0.1) is 0 Å². The standard InChI is InChI=1S/C16H15BrClFN2O4/c1-7(2)25-15(23)9-5-12(11(19)6-10(9)18)21-14(22)13(17)8(3)20(4)16(21)24/h5-7H,1-4H3. The molecule has 2 rings (SSSR count). The first kappa shape index (κ1) is 19.4. The molecule has 1 aromatic heterocycles. The third kappa shape index (κ3) is 3.55. The summed E-state index contributed by atoms with van der Waals surface area (Å²) in [5, 5.41) is -0.178. The number of nitrogens with zero attached hydrogens (tertiary/aromatic N) is 2. The largest absolute Gasteiger partial charge is 0.459 e. The summed E-state index contributed by atoms with van der Waals surface area (Å²) >= 11 is 9.01. The molecule has 0 saturated heterocycles. The SMILES string of the molecule is Cc1c(Br)c(=O)n(-c2cc(C(=O)OC(C)C)c(Cl)cc2F)c(=O)n1C. The first-order chi connectivity index (χ1) is 11.6. The quantitative estimate of drug-likeness (QED) is 0.698. The average Bonchev–Trinajstić information content (AvgIpc) is 2.52. The van der Waals surface area contributed by atoms with E-state index >= 15 is 0 Å². The van der Waals surface area contributed by atoms with Crippen LogP contribution >= 0.6 is 27.5 Å². The number of hydrogen-bond donors (Lipinski definition) is 0. The number of esters is 1. The van der Waals surface area contributed by atoms with Crippen molar-refractivity contribution in [2.24, 2.45) is 7.05 Å². The van der Waals surface area contributed by atoms with Crippen molar-refractivity contribution in [2.75, 3.05) is 0 Å². The number of aromatic nitrogens is 2. The van der Waals surface area contributed by atoms with Gasteiger partial charge in [0.05, 0.1) is 22.4 Å². The lowest BCUT2D eigenvalue weighted by atomic mass is 10.2. The van der Waals surface area contributed by atoms with Crippen molar-refractivity contribution in [3.05, 3.63) is 59.5 Å². The Balaban J connectivity index is 2.80. The molecule has 0 bridgehead atoms. The molecule has 1 heterocycles. The van der Waals surface area contributed by atoms with E-state index in [0.29, 0.717) is 10.3 Å². The van der Waals surface area contributed by atoms with Crippen LogP contribution in [0.25, 0.3) is 5.69 Å². The molecule has 25 heavy (non-hydrogen) atoms. The normalized spacial score (nSPS) is 11.0. The van der Waals surface area contributed by atoms with Crippen molar-refractivity contribution in [3.8, 4) is 5.69 Å². The fourth-order valence-corrected chi connectivity index (χ4v) is 2.81. The number of carbonyl (C=O) groups excluding carboxylic acids is 1. The Kier molecular flexibility index (Phi) is 5.53. The summed E-state index contributed by atoms with van der Waals surface area (Å²) in [6, 6.07) is 1.90. The van der Waals surface area contributed by atoms with Gasteiger partial charge in [0.2, 0.25) is 0 Å². The first-order valence-electron chi connectivity index (χ1n) is 7.24. The molecule has 0 saturated carbocycles. The zero-order chi connectivity index (χ0) is 19.0. The second-order valence-corrected chi connectivity index (χ2v) is 6.82. The summed E-state index contributed by atoms with van der Waals surface area (Å²) in [7, 11) is 1.44. The predicted molar refractivity (Wildman–Crippen MR) is 95.2 cm³/mol. The van der Waals surface area contributed by atoms with E-state index in [-0.39, 0.29) is 20.7 Å². The summed E-state index contributed by atoms with van der Waals surface area (Å²) in [5.41, 5.74) is -1.64. The topological polar surface area (TPSA) is 70.3 Å². The van der Waals surface area contributed by atoms with Gasteiger partial charge in [-0.3, -0.25) is 9.36 Å². The lowest BCUT2D eigenvalue weighted by Crippen LogP contribution is -2.40. The van der Waals surface area contributed by atoms with Gasteiger partial charge in [-0.1, -0.05) is 11.6 Å². The Labute approximate surface area is 155 Å². The van der Waals surface area contributed by atoms with Crippen LogP contribution in [-0.4, -0.2) is 21.2 Å². The van der Waals surface area contributed by atoms with Crippen LogP contribution < -0.4 is 11.2 Å². The maximum absolute atomic E-state index is 14.4. The lowest BCUT2D eigenvalue weighted by Gasteiger charge is -2.14. The Morgan fingerprint density at radius 1 is 1.32 bits per heavy atom. The van der Waals surface area contributed by atoms with Gasteiger partial charge in [-0.25, -0.2) is 18.5 Å². The highest BCUT2D eigenvalue weighted by atomic mass is 79.9. The molecule has 0 aliphatic carbocycles. The second-order valence-electron chi connectivity index (χ2n) is 5.62. The molecule has 9 heteroatoms. The Hall–Kier alpha value is -1.93.